The highest BCUT2D eigenvalue weighted by atomic mass is 19.1. The van der Waals surface area contributed by atoms with Crippen LogP contribution in [0.2, 0.25) is 0 Å². The molecule has 21 heavy (non-hydrogen) atoms. The maximum atomic E-state index is 13.6. The van der Waals surface area contributed by atoms with Crippen molar-refractivity contribution in [3.63, 3.8) is 0 Å². The molecule has 0 radical (unpaired) electrons. The second-order valence-electron chi connectivity index (χ2n) is 6.24. The monoisotopic (exact) mass is 292 g/mol. The number of hydrogen-bond acceptors (Lipinski definition) is 2. The number of nitrogens with zero attached hydrogens (tertiary/aromatic N) is 1. The SMILES string of the molecule is C[C@@H]1CN(C(=O)[C@@H](C)CCc2ccccc2F)C[C@H](C)N1. The van der Waals surface area contributed by atoms with Crippen molar-refractivity contribution in [1.82, 2.24) is 10.2 Å². The van der Waals surface area contributed by atoms with Crippen LogP contribution in [0.15, 0.2) is 24.3 Å². The number of rotatable bonds is 4. The average molecular weight is 292 g/mol. The Bertz CT molecular complexity index is 481. The Labute approximate surface area is 126 Å². The molecule has 3 nitrogen and oxygen atoms in total. The maximum absolute atomic E-state index is 13.6. The molecule has 0 spiro atoms. The smallest absolute Gasteiger partial charge is 0.225 e. The van der Waals surface area contributed by atoms with Crippen molar-refractivity contribution in [3.05, 3.63) is 35.6 Å². The minimum Gasteiger partial charge on any atom is -0.339 e. The highest BCUT2D eigenvalue weighted by molar-refractivity contribution is 5.78. The molecule has 1 saturated heterocycles. The molecule has 0 aromatic heterocycles. The highest BCUT2D eigenvalue weighted by Crippen LogP contribution is 2.16. The molecular formula is C17H25FN2O. The van der Waals surface area contributed by atoms with Gasteiger partial charge in [-0.3, -0.25) is 4.79 Å². The van der Waals surface area contributed by atoms with Crippen LogP contribution in [0.4, 0.5) is 4.39 Å². The summed E-state index contributed by atoms with van der Waals surface area (Å²) >= 11 is 0. The molecular weight excluding hydrogens is 267 g/mol. The van der Waals surface area contributed by atoms with E-state index in [-0.39, 0.29) is 17.6 Å². The summed E-state index contributed by atoms with van der Waals surface area (Å²) in [5, 5.41) is 3.42. The molecule has 1 heterocycles. The summed E-state index contributed by atoms with van der Waals surface area (Å²) in [4.78, 5) is 14.4. The summed E-state index contributed by atoms with van der Waals surface area (Å²) in [6.45, 7) is 7.65. The van der Waals surface area contributed by atoms with E-state index < -0.39 is 0 Å². The lowest BCUT2D eigenvalue weighted by molar-refractivity contribution is -0.137. The Balaban J connectivity index is 1.89. The Morgan fingerprint density at radius 1 is 1.33 bits per heavy atom. The number of hydrogen-bond donors (Lipinski definition) is 1. The number of carbonyl (C=O) groups excluding carboxylic acids is 1. The first kappa shape index (κ1) is 16.0. The quantitative estimate of drug-likeness (QED) is 0.925. The first-order chi connectivity index (χ1) is 9.97. The summed E-state index contributed by atoms with van der Waals surface area (Å²) < 4.78 is 13.6. The van der Waals surface area contributed by atoms with Gasteiger partial charge in [0, 0.05) is 31.1 Å². The molecule has 2 rings (SSSR count). The molecule has 4 heteroatoms. The number of nitrogens with one attached hydrogen (secondary N) is 1. The first-order valence-corrected chi connectivity index (χ1v) is 7.75. The molecule has 3 atom stereocenters. The zero-order valence-electron chi connectivity index (χ0n) is 13.1. The zero-order valence-corrected chi connectivity index (χ0v) is 13.1. The zero-order chi connectivity index (χ0) is 15.4. The summed E-state index contributed by atoms with van der Waals surface area (Å²) in [6, 6.07) is 7.46. The van der Waals surface area contributed by atoms with Gasteiger partial charge in [-0.15, -0.1) is 0 Å². The van der Waals surface area contributed by atoms with Gasteiger partial charge in [0.2, 0.25) is 5.91 Å². The molecule has 0 bridgehead atoms. The van der Waals surface area contributed by atoms with Gasteiger partial charge in [-0.2, -0.15) is 0 Å². The van der Waals surface area contributed by atoms with E-state index in [1.54, 1.807) is 12.1 Å². The van der Waals surface area contributed by atoms with Crippen LogP contribution in [-0.2, 0) is 11.2 Å². The van der Waals surface area contributed by atoms with Gasteiger partial charge in [0.15, 0.2) is 0 Å². The van der Waals surface area contributed by atoms with Gasteiger partial charge in [0.25, 0.3) is 0 Å². The van der Waals surface area contributed by atoms with Crippen molar-refractivity contribution >= 4 is 5.91 Å². The van der Waals surface area contributed by atoms with Gasteiger partial charge in [-0.1, -0.05) is 25.1 Å². The topological polar surface area (TPSA) is 32.3 Å². The van der Waals surface area contributed by atoms with E-state index in [9.17, 15) is 9.18 Å². The van der Waals surface area contributed by atoms with Gasteiger partial charge in [-0.05, 0) is 38.3 Å². The van der Waals surface area contributed by atoms with Gasteiger partial charge in [0.1, 0.15) is 5.82 Å². The molecule has 1 aliphatic rings. The van der Waals surface area contributed by atoms with Crippen LogP contribution in [0, 0.1) is 11.7 Å². The lowest BCUT2D eigenvalue weighted by Gasteiger charge is -2.37. The molecule has 0 unspecified atom stereocenters. The third-order valence-corrected chi connectivity index (χ3v) is 4.10. The molecule has 1 amide bonds. The Morgan fingerprint density at radius 2 is 1.95 bits per heavy atom. The number of halogens is 1. The van der Waals surface area contributed by atoms with E-state index in [2.05, 4.69) is 19.2 Å². The van der Waals surface area contributed by atoms with Gasteiger partial charge >= 0.3 is 0 Å². The van der Waals surface area contributed by atoms with E-state index in [1.807, 2.05) is 17.9 Å². The number of aryl methyl sites for hydroxylation is 1. The number of piperazine rings is 1. The lowest BCUT2D eigenvalue weighted by Crippen LogP contribution is -2.56. The fourth-order valence-corrected chi connectivity index (χ4v) is 3.02. The fraction of sp³-hybridized carbons (Fsp3) is 0.588. The van der Waals surface area contributed by atoms with Crippen molar-refractivity contribution in [3.8, 4) is 0 Å². The normalized spacial score (nSPS) is 23.9. The predicted octanol–water partition coefficient (Wildman–Crippen LogP) is 2.60. The summed E-state index contributed by atoms with van der Waals surface area (Å²) in [5.41, 5.74) is 0.694. The van der Waals surface area contributed by atoms with E-state index in [0.29, 0.717) is 30.5 Å². The summed E-state index contributed by atoms with van der Waals surface area (Å²) in [6.07, 6.45) is 1.29. The van der Waals surface area contributed by atoms with Crippen LogP contribution in [0.25, 0.3) is 0 Å². The summed E-state index contributed by atoms with van der Waals surface area (Å²) in [7, 11) is 0. The van der Waals surface area contributed by atoms with Crippen molar-refractivity contribution < 1.29 is 9.18 Å². The third-order valence-electron chi connectivity index (χ3n) is 4.10. The highest BCUT2D eigenvalue weighted by Gasteiger charge is 2.27. The van der Waals surface area contributed by atoms with Crippen LogP contribution in [0.5, 0.6) is 0 Å². The largest absolute Gasteiger partial charge is 0.339 e. The molecule has 1 aromatic carbocycles. The van der Waals surface area contributed by atoms with Crippen LogP contribution in [0.3, 0.4) is 0 Å². The lowest BCUT2D eigenvalue weighted by atomic mass is 9.98. The van der Waals surface area contributed by atoms with Crippen molar-refractivity contribution in [2.45, 2.75) is 45.7 Å². The fourth-order valence-electron chi connectivity index (χ4n) is 3.02. The molecule has 1 aromatic rings. The molecule has 1 aliphatic heterocycles. The van der Waals surface area contributed by atoms with Crippen LogP contribution >= 0.6 is 0 Å². The van der Waals surface area contributed by atoms with Crippen LogP contribution in [-0.4, -0.2) is 36.0 Å². The number of amides is 1. The van der Waals surface area contributed by atoms with E-state index in [1.165, 1.54) is 6.07 Å². The maximum Gasteiger partial charge on any atom is 0.225 e. The average Bonchev–Trinajstić information content (AvgIpc) is 2.44. The van der Waals surface area contributed by atoms with Gasteiger partial charge < -0.3 is 10.2 Å². The Kier molecular flexibility index (Phi) is 5.34. The Hall–Kier alpha value is -1.42. The Morgan fingerprint density at radius 3 is 2.57 bits per heavy atom. The minimum absolute atomic E-state index is 0.0675. The first-order valence-electron chi connectivity index (χ1n) is 7.75. The van der Waals surface area contributed by atoms with Crippen molar-refractivity contribution in [1.29, 1.82) is 0 Å². The predicted molar refractivity (Wildman–Crippen MR) is 82.5 cm³/mol. The molecule has 0 aliphatic carbocycles. The third kappa shape index (κ3) is 4.27. The van der Waals surface area contributed by atoms with Crippen LogP contribution < -0.4 is 5.32 Å². The standard InChI is InChI=1S/C17H25FN2O/c1-12(8-9-15-6-4-5-7-16(15)18)17(21)20-10-13(2)19-14(3)11-20/h4-7,12-14,19H,8-11H2,1-3H3/t12-,13-,14+/m0/s1. The minimum atomic E-state index is -0.179. The molecule has 0 saturated carbocycles. The molecule has 1 fully saturated rings. The van der Waals surface area contributed by atoms with Crippen molar-refractivity contribution in [2.75, 3.05) is 13.1 Å². The number of benzene rings is 1. The summed E-state index contributed by atoms with van der Waals surface area (Å²) in [5.74, 6) is -0.0600. The van der Waals surface area contributed by atoms with Gasteiger partial charge in [0.05, 0.1) is 0 Å². The second kappa shape index (κ2) is 7.03. The number of carbonyl (C=O) groups is 1. The van der Waals surface area contributed by atoms with Crippen molar-refractivity contribution in [2.24, 2.45) is 5.92 Å². The van der Waals surface area contributed by atoms with E-state index >= 15 is 0 Å². The van der Waals surface area contributed by atoms with E-state index in [4.69, 9.17) is 0 Å². The van der Waals surface area contributed by atoms with E-state index in [0.717, 1.165) is 13.1 Å². The second-order valence-corrected chi connectivity index (χ2v) is 6.24. The van der Waals surface area contributed by atoms with Gasteiger partial charge in [-0.25, -0.2) is 4.39 Å². The molecule has 116 valence electrons. The van der Waals surface area contributed by atoms with Crippen LogP contribution in [0.1, 0.15) is 32.8 Å². The molecule has 1 N–H and O–H groups in total.